The maximum Gasteiger partial charge on any atom is 0.254 e. The minimum absolute atomic E-state index is 0.0623. The predicted octanol–water partition coefficient (Wildman–Crippen LogP) is 1.63. The molecule has 0 radical (unpaired) electrons. The number of benzene rings is 1. The van der Waals surface area contributed by atoms with E-state index in [9.17, 15) is 9.18 Å². The molecule has 1 fully saturated rings. The van der Waals surface area contributed by atoms with E-state index in [0.29, 0.717) is 18.7 Å². The van der Waals surface area contributed by atoms with Gasteiger partial charge in [0.25, 0.3) is 5.91 Å². The summed E-state index contributed by atoms with van der Waals surface area (Å²) in [5, 5.41) is 0. The van der Waals surface area contributed by atoms with Gasteiger partial charge >= 0.3 is 0 Å². The third kappa shape index (κ3) is 4.25. The van der Waals surface area contributed by atoms with E-state index in [1.54, 1.807) is 6.07 Å². The predicted molar refractivity (Wildman–Crippen MR) is 81.8 cm³/mol. The number of hydrogen-bond donors (Lipinski definition) is 1. The van der Waals surface area contributed by atoms with E-state index < -0.39 is 0 Å². The summed E-state index contributed by atoms with van der Waals surface area (Å²) in [4.78, 5) is 16.8. The summed E-state index contributed by atoms with van der Waals surface area (Å²) in [6, 6.07) is 4.39. The van der Waals surface area contributed by atoms with Crippen molar-refractivity contribution in [3.05, 3.63) is 35.1 Å². The number of carbonyl (C=O) groups excluding carboxylic acids is 1. The lowest BCUT2D eigenvalue weighted by Gasteiger charge is -2.22. The Morgan fingerprint density at radius 1 is 1.29 bits per heavy atom. The van der Waals surface area contributed by atoms with Gasteiger partial charge in [0.1, 0.15) is 5.82 Å². The number of nitrogens with zero attached hydrogens (tertiary/aromatic N) is 2. The molecule has 2 N–H and O–H groups in total. The van der Waals surface area contributed by atoms with Crippen LogP contribution in [0.4, 0.5) is 4.39 Å². The van der Waals surface area contributed by atoms with Crippen LogP contribution in [-0.2, 0) is 0 Å². The lowest BCUT2D eigenvalue weighted by atomic mass is 10.1. The Labute approximate surface area is 125 Å². The number of nitrogens with two attached hydrogens (primary N) is 1. The Balaban J connectivity index is 2.01. The summed E-state index contributed by atoms with van der Waals surface area (Å²) in [6.45, 7) is 6.80. The summed E-state index contributed by atoms with van der Waals surface area (Å²) in [5.41, 5.74) is 6.84. The molecule has 5 heteroatoms. The molecule has 1 saturated heterocycles. The molecule has 0 saturated carbocycles. The highest BCUT2D eigenvalue weighted by Gasteiger charge is 2.21. The summed E-state index contributed by atoms with van der Waals surface area (Å²) in [6.07, 6.45) is 1.93. The Kier molecular flexibility index (Phi) is 5.70. The molecule has 0 atom stereocenters. The number of halogens is 1. The molecule has 116 valence electrons. The lowest BCUT2D eigenvalue weighted by Crippen LogP contribution is -2.36. The minimum Gasteiger partial charge on any atom is -0.337 e. The fraction of sp³-hybridized carbons (Fsp3) is 0.562. The maximum atomic E-state index is 13.4. The second-order valence-corrected chi connectivity index (χ2v) is 5.59. The van der Waals surface area contributed by atoms with Crippen LogP contribution in [0.1, 0.15) is 28.8 Å². The zero-order valence-electron chi connectivity index (χ0n) is 12.6. The average Bonchev–Trinajstić information content (AvgIpc) is 2.72. The third-order valence-corrected chi connectivity index (χ3v) is 3.98. The van der Waals surface area contributed by atoms with Gasteiger partial charge in [0.05, 0.1) is 0 Å². The smallest absolute Gasteiger partial charge is 0.254 e. The van der Waals surface area contributed by atoms with Crippen molar-refractivity contribution in [2.24, 2.45) is 5.73 Å². The summed E-state index contributed by atoms with van der Waals surface area (Å²) < 4.78 is 13.4. The van der Waals surface area contributed by atoms with Gasteiger partial charge in [-0.3, -0.25) is 4.79 Å². The summed E-state index contributed by atoms with van der Waals surface area (Å²) >= 11 is 0. The van der Waals surface area contributed by atoms with Crippen LogP contribution in [0.5, 0.6) is 0 Å². The summed E-state index contributed by atoms with van der Waals surface area (Å²) in [5.74, 6) is -0.420. The molecule has 0 spiro atoms. The fourth-order valence-electron chi connectivity index (χ4n) is 2.71. The van der Waals surface area contributed by atoms with Gasteiger partial charge in [0.15, 0.2) is 0 Å². The molecular formula is C16H24FN3O. The highest BCUT2D eigenvalue weighted by molar-refractivity contribution is 5.95. The quantitative estimate of drug-likeness (QED) is 0.918. The number of hydrogen-bond acceptors (Lipinski definition) is 3. The standard InChI is InChI=1S/C16H24FN3O/c1-13-4-5-14(17)12-15(13)16(21)20-9-3-8-19(10-11-20)7-2-6-18/h4-5,12H,2-3,6-11,18H2,1H3. The SMILES string of the molecule is Cc1ccc(F)cc1C(=O)N1CCCN(CCCN)CC1. The normalized spacial score (nSPS) is 16.8. The Morgan fingerprint density at radius 2 is 2.10 bits per heavy atom. The maximum absolute atomic E-state index is 13.4. The van der Waals surface area contributed by atoms with E-state index in [2.05, 4.69) is 4.90 Å². The zero-order valence-corrected chi connectivity index (χ0v) is 12.6. The first-order valence-corrected chi connectivity index (χ1v) is 7.59. The van der Waals surface area contributed by atoms with Gasteiger partial charge in [0.2, 0.25) is 0 Å². The molecule has 1 amide bonds. The molecule has 0 aliphatic carbocycles. The van der Waals surface area contributed by atoms with E-state index in [-0.39, 0.29) is 11.7 Å². The van der Waals surface area contributed by atoms with Gasteiger partial charge < -0.3 is 15.5 Å². The van der Waals surface area contributed by atoms with Crippen LogP contribution < -0.4 is 5.73 Å². The molecule has 21 heavy (non-hydrogen) atoms. The van der Waals surface area contributed by atoms with Crippen molar-refractivity contribution in [1.29, 1.82) is 0 Å². The van der Waals surface area contributed by atoms with Crippen LogP contribution in [0.2, 0.25) is 0 Å². The number of aryl methyl sites for hydroxylation is 1. The number of amides is 1. The van der Waals surface area contributed by atoms with Crippen molar-refractivity contribution in [3.8, 4) is 0 Å². The van der Waals surface area contributed by atoms with Crippen LogP contribution in [0.15, 0.2) is 18.2 Å². The molecule has 4 nitrogen and oxygen atoms in total. The van der Waals surface area contributed by atoms with Crippen molar-refractivity contribution in [3.63, 3.8) is 0 Å². The Hall–Kier alpha value is -1.46. The van der Waals surface area contributed by atoms with E-state index >= 15 is 0 Å². The first kappa shape index (κ1) is 15.9. The molecule has 2 rings (SSSR count). The molecular weight excluding hydrogens is 269 g/mol. The lowest BCUT2D eigenvalue weighted by molar-refractivity contribution is 0.0760. The highest BCUT2D eigenvalue weighted by Crippen LogP contribution is 2.15. The highest BCUT2D eigenvalue weighted by atomic mass is 19.1. The zero-order chi connectivity index (χ0) is 15.2. The van der Waals surface area contributed by atoms with Crippen LogP contribution in [0.3, 0.4) is 0 Å². The van der Waals surface area contributed by atoms with Gasteiger partial charge in [-0.1, -0.05) is 6.07 Å². The molecule has 1 aromatic carbocycles. The summed E-state index contributed by atoms with van der Waals surface area (Å²) in [7, 11) is 0. The van der Waals surface area contributed by atoms with Crippen LogP contribution >= 0.6 is 0 Å². The average molecular weight is 293 g/mol. The van der Waals surface area contributed by atoms with Crippen molar-refractivity contribution < 1.29 is 9.18 Å². The van der Waals surface area contributed by atoms with Gasteiger partial charge in [-0.25, -0.2) is 4.39 Å². The van der Waals surface area contributed by atoms with Crippen LogP contribution in [0.25, 0.3) is 0 Å². The van der Waals surface area contributed by atoms with Crippen molar-refractivity contribution >= 4 is 5.91 Å². The second-order valence-electron chi connectivity index (χ2n) is 5.59. The van der Waals surface area contributed by atoms with Crippen molar-refractivity contribution in [1.82, 2.24) is 9.80 Å². The Bertz CT molecular complexity index is 492. The number of rotatable bonds is 4. The van der Waals surface area contributed by atoms with Crippen molar-refractivity contribution in [2.45, 2.75) is 19.8 Å². The van der Waals surface area contributed by atoms with Gasteiger partial charge in [-0.2, -0.15) is 0 Å². The van der Waals surface area contributed by atoms with Crippen molar-refractivity contribution in [2.75, 3.05) is 39.3 Å². The molecule has 1 aliphatic rings. The molecule has 0 bridgehead atoms. The monoisotopic (exact) mass is 293 g/mol. The van der Waals surface area contributed by atoms with Crippen LogP contribution in [0, 0.1) is 12.7 Å². The molecule has 1 heterocycles. The largest absolute Gasteiger partial charge is 0.337 e. The van der Waals surface area contributed by atoms with E-state index in [4.69, 9.17) is 5.73 Å². The minimum atomic E-state index is -0.358. The molecule has 1 aliphatic heterocycles. The van der Waals surface area contributed by atoms with E-state index in [1.165, 1.54) is 12.1 Å². The van der Waals surface area contributed by atoms with E-state index in [1.807, 2.05) is 11.8 Å². The van der Waals surface area contributed by atoms with Crippen LogP contribution in [-0.4, -0.2) is 55.0 Å². The second kappa shape index (κ2) is 7.52. The fourth-order valence-corrected chi connectivity index (χ4v) is 2.71. The van der Waals surface area contributed by atoms with E-state index in [0.717, 1.165) is 44.6 Å². The topological polar surface area (TPSA) is 49.6 Å². The molecule has 1 aromatic rings. The third-order valence-electron chi connectivity index (χ3n) is 3.98. The molecule has 0 aromatic heterocycles. The molecule has 0 unspecified atom stereocenters. The first-order chi connectivity index (χ1) is 10.1. The van der Waals surface area contributed by atoms with Gasteiger partial charge in [-0.05, 0) is 57.1 Å². The number of carbonyl (C=O) groups is 1. The van der Waals surface area contributed by atoms with Gasteiger partial charge in [0, 0.05) is 25.2 Å². The Morgan fingerprint density at radius 3 is 2.86 bits per heavy atom. The first-order valence-electron chi connectivity index (χ1n) is 7.59. The van der Waals surface area contributed by atoms with Gasteiger partial charge in [-0.15, -0.1) is 0 Å².